The molecule has 1 atom stereocenters. The van der Waals surface area contributed by atoms with Crippen molar-refractivity contribution in [1.29, 1.82) is 0 Å². The van der Waals surface area contributed by atoms with Gasteiger partial charge in [-0.1, -0.05) is 18.2 Å². The third-order valence-corrected chi connectivity index (χ3v) is 2.83. The van der Waals surface area contributed by atoms with Crippen molar-refractivity contribution in [2.75, 3.05) is 20.7 Å². The van der Waals surface area contributed by atoms with E-state index in [4.69, 9.17) is 0 Å². The quantitative estimate of drug-likeness (QED) is 0.763. The topological polar surface area (TPSA) is 49.8 Å². The number of benzene rings is 1. The molecule has 1 rings (SSSR count). The fourth-order valence-corrected chi connectivity index (χ4v) is 1.82. The van der Waals surface area contributed by atoms with Crippen LogP contribution >= 0.6 is 0 Å². The lowest BCUT2D eigenvalue weighted by Crippen LogP contribution is -2.29. The molecule has 1 unspecified atom stereocenters. The molecule has 0 saturated heterocycles. The monoisotopic (exact) mass is 269 g/mol. The summed E-state index contributed by atoms with van der Waals surface area (Å²) in [5, 5.41) is 9.77. The first-order valence-electron chi connectivity index (χ1n) is 6.19. The van der Waals surface area contributed by atoms with Gasteiger partial charge in [0.05, 0.1) is 13.2 Å². The Hall–Kier alpha value is -1.46. The molecule has 5 heteroatoms. The number of rotatable bonds is 7. The van der Waals surface area contributed by atoms with Gasteiger partial charge in [-0.25, -0.2) is 4.39 Å². The minimum Gasteiger partial charge on any atom is -0.469 e. The van der Waals surface area contributed by atoms with Gasteiger partial charge in [-0.05, 0) is 19.5 Å². The summed E-state index contributed by atoms with van der Waals surface area (Å²) in [6.45, 7) is 0.799. The predicted octanol–water partition coefficient (Wildman–Crippen LogP) is 1.57. The standard InChI is InChI=1S/C14H20FNO3/c1-16(9-11-5-3-4-6-13(11)15)10-12(17)7-8-14(18)19-2/h3-6,12,17H,7-10H2,1-2H3. The summed E-state index contributed by atoms with van der Waals surface area (Å²) in [4.78, 5) is 12.8. The molecule has 0 amide bonds. The molecule has 0 aliphatic carbocycles. The first-order valence-corrected chi connectivity index (χ1v) is 6.19. The van der Waals surface area contributed by atoms with Gasteiger partial charge in [0.2, 0.25) is 0 Å². The Morgan fingerprint density at radius 3 is 2.79 bits per heavy atom. The first kappa shape index (κ1) is 15.6. The van der Waals surface area contributed by atoms with Gasteiger partial charge in [-0.15, -0.1) is 0 Å². The van der Waals surface area contributed by atoms with E-state index in [-0.39, 0.29) is 18.2 Å². The lowest BCUT2D eigenvalue weighted by atomic mass is 10.1. The van der Waals surface area contributed by atoms with Gasteiger partial charge in [0.25, 0.3) is 0 Å². The van der Waals surface area contributed by atoms with Crippen molar-refractivity contribution in [3.63, 3.8) is 0 Å². The molecule has 106 valence electrons. The Labute approximate surface area is 112 Å². The second-order valence-corrected chi connectivity index (χ2v) is 4.56. The minimum atomic E-state index is -0.629. The van der Waals surface area contributed by atoms with E-state index in [2.05, 4.69) is 4.74 Å². The van der Waals surface area contributed by atoms with E-state index in [0.29, 0.717) is 25.1 Å². The maximum Gasteiger partial charge on any atom is 0.305 e. The molecule has 19 heavy (non-hydrogen) atoms. The fraction of sp³-hybridized carbons (Fsp3) is 0.500. The van der Waals surface area contributed by atoms with Crippen LogP contribution in [-0.4, -0.2) is 42.8 Å². The SMILES string of the molecule is COC(=O)CCC(O)CN(C)Cc1ccccc1F. The molecule has 0 spiro atoms. The number of methoxy groups -OCH3 is 1. The van der Waals surface area contributed by atoms with Gasteiger partial charge in [0.1, 0.15) is 5.82 Å². The van der Waals surface area contributed by atoms with E-state index in [9.17, 15) is 14.3 Å². The van der Waals surface area contributed by atoms with Gasteiger partial charge < -0.3 is 9.84 Å². The number of carbonyl (C=O) groups is 1. The number of aliphatic hydroxyl groups is 1. The number of halogens is 1. The van der Waals surface area contributed by atoms with Crippen LogP contribution in [0.1, 0.15) is 18.4 Å². The summed E-state index contributed by atoms with van der Waals surface area (Å²) in [5.74, 6) is -0.589. The number of nitrogens with zero attached hydrogens (tertiary/aromatic N) is 1. The number of aliphatic hydroxyl groups excluding tert-OH is 1. The molecular formula is C14H20FNO3. The molecule has 0 saturated carbocycles. The van der Waals surface area contributed by atoms with Gasteiger partial charge >= 0.3 is 5.97 Å². The van der Waals surface area contributed by atoms with E-state index < -0.39 is 6.10 Å². The molecule has 1 aromatic carbocycles. The maximum absolute atomic E-state index is 13.4. The van der Waals surface area contributed by atoms with Crippen LogP contribution in [0, 0.1) is 5.82 Å². The smallest absolute Gasteiger partial charge is 0.305 e. The fourth-order valence-electron chi connectivity index (χ4n) is 1.82. The largest absolute Gasteiger partial charge is 0.469 e. The number of hydrogen-bond donors (Lipinski definition) is 1. The number of likely N-dealkylation sites (N-methyl/N-ethyl adjacent to an activating group) is 1. The van der Waals surface area contributed by atoms with Crippen LogP contribution in [0.5, 0.6) is 0 Å². The van der Waals surface area contributed by atoms with Crippen molar-refractivity contribution in [1.82, 2.24) is 4.90 Å². The van der Waals surface area contributed by atoms with Gasteiger partial charge in [0, 0.05) is 25.1 Å². The zero-order valence-corrected chi connectivity index (χ0v) is 11.3. The van der Waals surface area contributed by atoms with Crippen LogP contribution in [-0.2, 0) is 16.1 Å². The highest BCUT2D eigenvalue weighted by atomic mass is 19.1. The Morgan fingerprint density at radius 1 is 1.47 bits per heavy atom. The summed E-state index contributed by atoms with van der Waals surface area (Å²) < 4.78 is 17.9. The Balaban J connectivity index is 2.36. The van der Waals surface area contributed by atoms with Crippen molar-refractivity contribution in [3.05, 3.63) is 35.6 Å². The summed E-state index contributed by atoms with van der Waals surface area (Å²) in [7, 11) is 3.12. The van der Waals surface area contributed by atoms with Crippen molar-refractivity contribution >= 4 is 5.97 Å². The highest BCUT2D eigenvalue weighted by molar-refractivity contribution is 5.69. The molecule has 0 bridgehead atoms. The lowest BCUT2D eigenvalue weighted by Gasteiger charge is -2.20. The number of esters is 1. The third-order valence-electron chi connectivity index (χ3n) is 2.83. The van der Waals surface area contributed by atoms with Gasteiger partial charge in [-0.2, -0.15) is 0 Å². The summed E-state index contributed by atoms with van der Waals surface area (Å²) in [6.07, 6.45) is -0.102. The molecule has 0 aromatic heterocycles. The molecule has 1 N–H and O–H groups in total. The Morgan fingerprint density at radius 2 is 2.16 bits per heavy atom. The van der Waals surface area contributed by atoms with E-state index in [1.165, 1.54) is 13.2 Å². The van der Waals surface area contributed by atoms with Gasteiger partial charge in [-0.3, -0.25) is 9.69 Å². The number of carbonyl (C=O) groups excluding carboxylic acids is 1. The second-order valence-electron chi connectivity index (χ2n) is 4.56. The number of hydrogen-bond acceptors (Lipinski definition) is 4. The van der Waals surface area contributed by atoms with E-state index in [1.54, 1.807) is 25.2 Å². The molecule has 0 fully saturated rings. The highest BCUT2D eigenvalue weighted by Crippen LogP contribution is 2.10. The third kappa shape index (κ3) is 5.81. The highest BCUT2D eigenvalue weighted by Gasteiger charge is 2.12. The molecule has 4 nitrogen and oxygen atoms in total. The molecule has 0 aliphatic rings. The summed E-state index contributed by atoms with van der Waals surface area (Å²) in [5.41, 5.74) is 0.588. The zero-order chi connectivity index (χ0) is 14.3. The van der Waals surface area contributed by atoms with E-state index >= 15 is 0 Å². The van der Waals surface area contributed by atoms with Crippen LogP contribution in [0.2, 0.25) is 0 Å². The zero-order valence-electron chi connectivity index (χ0n) is 11.3. The van der Waals surface area contributed by atoms with Crippen LogP contribution in [0.3, 0.4) is 0 Å². The molecule has 0 radical (unpaired) electrons. The maximum atomic E-state index is 13.4. The number of ether oxygens (including phenoxy) is 1. The van der Waals surface area contributed by atoms with Crippen molar-refractivity contribution in [2.45, 2.75) is 25.5 Å². The molecule has 1 aromatic rings. The summed E-state index contributed by atoms with van der Waals surface area (Å²) in [6, 6.07) is 6.55. The minimum absolute atomic E-state index is 0.186. The normalized spacial score (nSPS) is 12.5. The average Bonchev–Trinajstić information content (AvgIpc) is 2.38. The Kier molecular flexibility index (Phi) is 6.45. The van der Waals surface area contributed by atoms with Crippen LogP contribution in [0.15, 0.2) is 24.3 Å². The van der Waals surface area contributed by atoms with Crippen molar-refractivity contribution in [3.8, 4) is 0 Å². The first-order chi connectivity index (χ1) is 9.02. The average molecular weight is 269 g/mol. The van der Waals surface area contributed by atoms with Gasteiger partial charge in [0.15, 0.2) is 0 Å². The Bertz CT molecular complexity index is 411. The lowest BCUT2D eigenvalue weighted by molar-refractivity contribution is -0.141. The van der Waals surface area contributed by atoms with Crippen molar-refractivity contribution in [2.24, 2.45) is 0 Å². The van der Waals surface area contributed by atoms with Crippen LogP contribution in [0.4, 0.5) is 4.39 Å². The van der Waals surface area contributed by atoms with E-state index in [1.807, 2.05) is 4.90 Å². The van der Waals surface area contributed by atoms with E-state index in [0.717, 1.165) is 0 Å². The summed E-state index contributed by atoms with van der Waals surface area (Å²) >= 11 is 0. The van der Waals surface area contributed by atoms with Crippen molar-refractivity contribution < 1.29 is 19.0 Å². The predicted molar refractivity (Wildman–Crippen MR) is 70.0 cm³/mol. The molecule has 0 heterocycles. The second kappa shape index (κ2) is 7.86. The van der Waals surface area contributed by atoms with Crippen LogP contribution < -0.4 is 0 Å². The molecule has 0 aliphatic heterocycles. The van der Waals surface area contributed by atoms with Crippen LogP contribution in [0.25, 0.3) is 0 Å². The molecular weight excluding hydrogens is 249 g/mol.